The van der Waals surface area contributed by atoms with E-state index in [4.69, 9.17) is 0 Å². The molecule has 2 heterocycles. The highest BCUT2D eigenvalue weighted by atomic mass is 32.1. The van der Waals surface area contributed by atoms with Gasteiger partial charge in [0.15, 0.2) is 0 Å². The normalized spacial score (nSPS) is 10.8. The lowest BCUT2D eigenvalue weighted by Crippen LogP contribution is -2.13. The molecule has 0 unspecified atom stereocenters. The van der Waals surface area contributed by atoms with E-state index in [1.807, 2.05) is 16.8 Å². The van der Waals surface area contributed by atoms with E-state index >= 15 is 0 Å². The summed E-state index contributed by atoms with van der Waals surface area (Å²) in [7, 11) is 0. The molecule has 0 fully saturated rings. The molecule has 0 aromatic carbocycles. The van der Waals surface area contributed by atoms with E-state index in [-0.39, 0.29) is 5.91 Å². The Morgan fingerprint density at radius 2 is 2.28 bits per heavy atom. The fraction of sp³-hybridized carbons (Fsp3) is 0.417. The molecule has 0 saturated heterocycles. The topological polar surface area (TPSA) is 54.9 Å². The van der Waals surface area contributed by atoms with Crippen LogP contribution in [-0.4, -0.2) is 16.1 Å². The van der Waals surface area contributed by atoms with Crippen LogP contribution in [0.15, 0.2) is 16.8 Å². The zero-order valence-corrected chi connectivity index (χ0v) is 12.0. The van der Waals surface area contributed by atoms with Crippen LogP contribution in [0.3, 0.4) is 0 Å². The molecule has 6 heteroatoms. The fourth-order valence-corrected chi connectivity index (χ4v) is 3.11. The Hall–Kier alpha value is -1.27. The maximum Gasteiger partial charge on any atom is 0.230 e. The number of carbonyl (C=O) groups excluding carboxylic acids is 1. The number of thiophene rings is 1. The first kappa shape index (κ1) is 13.2. The maximum atomic E-state index is 11.7. The van der Waals surface area contributed by atoms with Gasteiger partial charge in [-0.15, -0.1) is 10.2 Å². The monoisotopic (exact) mass is 281 g/mol. The molecule has 1 amide bonds. The van der Waals surface area contributed by atoms with Crippen LogP contribution in [0.1, 0.15) is 24.4 Å². The predicted octanol–water partition coefficient (Wildman–Crippen LogP) is 2.98. The van der Waals surface area contributed by atoms with Gasteiger partial charge in [0.25, 0.3) is 0 Å². The zero-order chi connectivity index (χ0) is 13.0. The van der Waals surface area contributed by atoms with E-state index in [2.05, 4.69) is 29.4 Å². The average molecular weight is 281 g/mol. The van der Waals surface area contributed by atoms with Crippen molar-refractivity contribution in [1.82, 2.24) is 10.2 Å². The predicted molar refractivity (Wildman–Crippen MR) is 75.1 cm³/mol. The molecule has 2 aromatic rings. The fourth-order valence-electron chi connectivity index (χ4n) is 1.48. The number of carbonyl (C=O) groups is 1. The first-order valence-corrected chi connectivity index (χ1v) is 7.52. The van der Waals surface area contributed by atoms with Gasteiger partial charge in [-0.3, -0.25) is 4.79 Å². The Morgan fingerprint density at radius 3 is 2.94 bits per heavy atom. The number of amides is 1. The first-order chi connectivity index (χ1) is 8.63. The third-order valence-electron chi connectivity index (χ3n) is 2.24. The van der Waals surface area contributed by atoms with Crippen molar-refractivity contribution in [2.45, 2.75) is 26.7 Å². The van der Waals surface area contributed by atoms with Gasteiger partial charge < -0.3 is 5.32 Å². The van der Waals surface area contributed by atoms with E-state index in [1.165, 1.54) is 11.3 Å². The highest BCUT2D eigenvalue weighted by molar-refractivity contribution is 7.15. The molecule has 2 aromatic heterocycles. The lowest BCUT2D eigenvalue weighted by atomic mass is 10.1. The van der Waals surface area contributed by atoms with Crippen LogP contribution in [0, 0.1) is 5.92 Å². The van der Waals surface area contributed by atoms with Crippen molar-refractivity contribution in [2.75, 3.05) is 5.32 Å². The second kappa shape index (κ2) is 6.06. The molecule has 18 heavy (non-hydrogen) atoms. The van der Waals surface area contributed by atoms with Crippen LogP contribution in [0.4, 0.5) is 5.13 Å². The van der Waals surface area contributed by atoms with Gasteiger partial charge in [-0.25, -0.2) is 0 Å². The van der Waals surface area contributed by atoms with Crippen LogP contribution < -0.4 is 5.32 Å². The molecular weight excluding hydrogens is 266 g/mol. The van der Waals surface area contributed by atoms with Crippen molar-refractivity contribution in [3.63, 3.8) is 0 Å². The molecule has 0 saturated carbocycles. The number of nitrogens with one attached hydrogen (secondary N) is 1. The lowest BCUT2D eigenvalue weighted by Gasteiger charge is -1.99. The minimum absolute atomic E-state index is 0.0411. The summed E-state index contributed by atoms with van der Waals surface area (Å²) in [5, 5.41) is 16.3. The van der Waals surface area contributed by atoms with E-state index < -0.39 is 0 Å². The molecule has 0 atom stereocenters. The third-order valence-corrected chi connectivity index (χ3v) is 3.83. The molecule has 0 radical (unpaired) electrons. The lowest BCUT2D eigenvalue weighted by molar-refractivity contribution is -0.115. The first-order valence-electron chi connectivity index (χ1n) is 5.77. The van der Waals surface area contributed by atoms with Crippen molar-refractivity contribution < 1.29 is 4.79 Å². The number of anilines is 1. The van der Waals surface area contributed by atoms with Gasteiger partial charge in [0.2, 0.25) is 11.0 Å². The molecule has 0 spiro atoms. The quantitative estimate of drug-likeness (QED) is 0.916. The number of hydrogen-bond acceptors (Lipinski definition) is 5. The highest BCUT2D eigenvalue weighted by Gasteiger charge is 2.09. The summed E-state index contributed by atoms with van der Waals surface area (Å²) in [5.41, 5.74) is 1.03. The number of rotatable bonds is 5. The molecule has 1 N–H and O–H groups in total. The second-order valence-corrected chi connectivity index (χ2v) is 6.30. The summed E-state index contributed by atoms with van der Waals surface area (Å²) < 4.78 is 0. The summed E-state index contributed by atoms with van der Waals surface area (Å²) in [6, 6.07) is 1.95. The standard InChI is InChI=1S/C12H15N3OS2/c1-8(2)5-11-14-15-12(18-11)13-10(16)6-9-3-4-17-7-9/h3-4,7-8H,5-6H2,1-2H3,(H,13,15,16). The summed E-state index contributed by atoms with van der Waals surface area (Å²) in [5.74, 6) is 0.507. The van der Waals surface area contributed by atoms with Gasteiger partial charge in [0.05, 0.1) is 6.42 Å². The van der Waals surface area contributed by atoms with Crippen molar-refractivity contribution in [1.29, 1.82) is 0 Å². The Labute approximate surface area is 114 Å². The summed E-state index contributed by atoms with van der Waals surface area (Å²) >= 11 is 3.04. The van der Waals surface area contributed by atoms with Crippen LogP contribution in [-0.2, 0) is 17.6 Å². The minimum Gasteiger partial charge on any atom is -0.300 e. The summed E-state index contributed by atoms with van der Waals surface area (Å²) in [6.07, 6.45) is 1.29. The van der Waals surface area contributed by atoms with E-state index in [0.29, 0.717) is 17.5 Å². The second-order valence-electron chi connectivity index (χ2n) is 4.46. The molecular formula is C12H15N3OS2. The van der Waals surface area contributed by atoms with Crippen LogP contribution in [0.5, 0.6) is 0 Å². The Morgan fingerprint density at radius 1 is 1.44 bits per heavy atom. The van der Waals surface area contributed by atoms with E-state index in [9.17, 15) is 4.79 Å². The summed E-state index contributed by atoms with van der Waals surface area (Å²) in [4.78, 5) is 11.7. The van der Waals surface area contributed by atoms with Crippen LogP contribution in [0.2, 0.25) is 0 Å². The largest absolute Gasteiger partial charge is 0.300 e. The number of hydrogen-bond donors (Lipinski definition) is 1. The minimum atomic E-state index is -0.0411. The molecule has 0 aliphatic carbocycles. The van der Waals surface area contributed by atoms with Crippen molar-refractivity contribution in [2.24, 2.45) is 5.92 Å². The highest BCUT2D eigenvalue weighted by Crippen LogP contribution is 2.18. The molecule has 0 bridgehead atoms. The number of nitrogens with zero attached hydrogens (tertiary/aromatic N) is 2. The Balaban J connectivity index is 1.89. The van der Waals surface area contributed by atoms with Crippen LogP contribution >= 0.6 is 22.7 Å². The van der Waals surface area contributed by atoms with Crippen LogP contribution in [0.25, 0.3) is 0 Å². The molecule has 0 aliphatic heterocycles. The van der Waals surface area contributed by atoms with Crippen molar-refractivity contribution in [3.8, 4) is 0 Å². The van der Waals surface area contributed by atoms with Gasteiger partial charge >= 0.3 is 0 Å². The average Bonchev–Trinajstić information content (AvgIpc) is 2.89. The zero-order valence-electron chi connectivity index (χ0n) is 10.3. The Bertz CT molecular complexity index is 505. The molecule has 0 aliphatic rings. The van der Waals surface area contributed by atoms with Gasteiger partial charge in [-0.2, -0.15) is 11.3 Å². The van der Waals surface area contributed by atoms with E-state index in [0.717, 1.165) is 17.0 Å². The molecule has 96 valence electrons. The van der Waals surface area contributed by atoms with Crippen molar-refractivity contribution in [3.05, 3.63) is 27.4 Å². The van der Waals surface area contributed by atoms with Crippen molar-refractivity contribution >= 4 is 33.7 Å². The number of aromatic nitrogens is 2. The van der Waals surface area contributed by atoms with E-state index in [1.54, 1.807) is 11.3 Å². The van der Waals surface area contributed by atoms with Gasteiger partial charge in [0.1, 0.15) is 5.01 Å². The third kappa shape index (κ3) is 3.89. The molecule has 2 rings (SSSR count). The molecule has 4 nitrogen and oxygen atoms in total. The van der Waals surface area contributed by atoms with Gasteiger partial charge in [0, 0.05) is 6.42 Å². The maximum absolute atomic E-state index is 11.7. The smallest absolute Gasteiger partial charge is 0.230 e. The van der Waals surface area contributed by atoms with Gasteiger partial charge in [-0.05, 0) is 28.3 Å². The summed E-state index contributed by atoms with van der Waals surface area (Å²) in [6.45, 7) is 4.27. The van der Waals surface area contributed by atoms with Gasteiger partial charge in [-0.1, -0.05) is 25.2 Å². The SMILES string of the molecule is CC(C)Cc1nnc(NC(=O)Cc2ccsc2)s1. The Kier molecular flexibility index (Phi) is 4.43.